The van der Waals surface area contributed by atoms with Gasteiger partial charge in [-0.25, -0.2) is 13.4 Å². The van der Waals surface area contributed by atoms with E-state index in [-0.39, 0.29) is 5.03 Å². The van der Waals surface area contributed by atoms with Gasteiger partial charge in [-0.3, -0.25) is 0 Å². The maximum atomic E-state index is 11.7. The van der Waals surface area contributed by atoms with Gasteiger partial charge in [-0.15, -0.1) is 0 Å². The highest BCUT2D eigenvalue weighted by molar-refractivity contribution is 7.90. The fourth-order valence-electron chi connectivity index (χ4n) is 4.47. The van der Waals surface area contributed by atoms with Gasteiger partial charge in [-0.1, -0.05) is 49.2 Å². The third kappa shape index (κ3) is 3.15. The summed E-state index contributed by atoms with van der Waals surface area (Å²) in [6, 6.07) is 14.2. The summed E-state index contributed by atoms with van der Waals surface area (Å²) in [5.41, 5.74) is 5.51. The van der Waals surface area contributed by atoms with Crippen molar-refractivity contribution in [2.24, 2.45) is 5.41 Å². The van der Waals surface area contributed by atoms with Crippen LogP contribution in [0.15, 0.2) is 53.7 Å². The van der Waals surface area contributed by atoms with E-state index in [1.165, 1.54) is 48.6 Å². The molecule has 0 radical (unpaired) electrons. The van der Waals surface area contributed by atoms with Gasteiger partial charge in [0.05, 0.1) is 0 Å². The van der Waals surface area contributed by atoms with Crippen LogP contribution >= 0.6 is 0 Å². The average Bonchev–Trinajstić information content (AvgIpc) is 3.23. The predicted molar refractivity (Wildman–Crippen MR) is 101 cm³/mol. The first-order valence-corrected chi connectivity index (χ1v) is 10.8. The van der Waals surface area contributed by atoms with Crippen LogP contribution in [0.4, 0.5) is 0 Å². The summed E-state index contributed by atoms with van der Waals surface area (Å²) in [6.45, 7) is 0. The number of sulfone groups is 1. The highest BCUT2D eigenvalue weighted by atomic mass is 32.2. The Labute approximate surface area is 149 Å². The van der Waals surface area contributed by atoms with E-state index in [4.69, 9.17) is 0 Å². The molecule has 0 saturated heterocycles. The minimum atomic E-state index is -3.26. The number of hydrogen-bond acceptors (Lipinski definition) is 3. The molecule has 1 heterocycles. The molecule has 2 aromatic rings. The first-order chi connectivity index (χ1) is 12.0. The van der Waals surface area contributed by atoms with Crippen LogP contribution in [0, 0.1) is 5.41 Å². The molecule has 0 bridgehead atoms. The maximum Gasteiger partial charge on any atom is 0.192 e. The summed E-state index contributed by atoms with van der Waals surface area (Å²) in [6.07, 6.45) is 10.4. The van der Waals surface area contributed by atoms with Gasteiger partial charge in [-0.2, -0.15) is 0 Å². The second kappa shape index (κ2) is 6.10. The second-order valence-electron chi connectivity index (χ2n) is 7.54. The number of aromatic nitrogens is 1. The van der Waals surface area contributed by atoms with Crippen molar-refractivity contribution < 1.29 is 8.42 Å². The van der Waals surface area contributed by atoms with Crippen LogP contribution in [0.5, 0.6) is 0 Å². The normalized spacial score (nSPS) is 19.7. The minimum absolute atomic E-state index is 0.145. The van der Waals surface area contributed by atoms with Crippen molar-refractivity contribution in [3.63, 3.8) is 0 Å². The lowest BCUT2D eigenvalue weighted by Crippen LogP contribution is -2.11. The molecule has 1 aromatic carbocycles. The number of benzene rings is 1. The lowest BCUT2D eigenvalue weighted by Gasteiger charge is -2.23. The molecule has 1 aromatic heterocycles. The molecular formula is C21H23NO2S. The van der Waals surface area contributed by atoms with Crippen LogP contribution in [-0.4, -0.2) is 19.7 Å². The Hall–Kier alpha value is -1.94. The van der Waals surface area contributed by atoms with Gasteiger partial charge in [0.1, 0.15) is 0 Å². The minimum Gasteiger partial charge on any atom is -0.244 e. The lowest BCUT2D eigenvalue weighted by molar-refractivity contribution is 0.330. The SMILES string of the molecule is CS(=O)(=O)c1ccc(C2=C(c3ccccc3)CC3(CCCC3)C2)cn1. The van der Waals surface area contributed by atoms with Gasteiger partial charge in [0.25, 0.3) is 0 Å². The molecule has 1 spiro atoms. The highest BCUT2D eigenvalue weighted by Crippen LogP contribution is 2.57. The van der Waals surface area contributed by atoms with Gasteiger partial charge in [0, 0.05) is 12.5 Å². The molecule has 0 atom stereocenters. The van der Waals surface area contributed by atoms with Crippen LogP contribution in [0.1, 0.15) is 49.7 Å². The van der Waals surface area contributed by atoms with Crippen LogP contribution < -0.4 is 0 Å². The van der Waals surface area contributed by atoms with Crippen molar-refractivity contribution in [2.75, 3.05) is 6.26 Å². The average molecular weight is 353 g/mol. The third-order valence-corrected chi connectivity index (χ3v) is 6.72. The molecule has 4 heteroatoms. The number of pyridine rings is 1. The summed E-state index contributed by atoms with van der Waals surface area (Å²) < 4.78 is 23.4. The summed E-state index contributed by atoms with van der Waals surface area (Å²) in [4.78, 5) is 4.22. The maximum absolute atomic E-state index is 11.7. The molecule has 130 valence electrons. The van der Waals surface area contributed by atoms with Crippen molar-refractivity contribution in [1.29, 1.82) is 0 Å². The Bertz CT molecular complexity index is 906. The number of allylic oxidation sites excluding steroid dienone is 2. The first kappa shape index (κ1) is 16.5. The summed E-state index contributed by atoms with van der Waals surface area (Å²) in [5.74, 6) is 0. The van der Waals surface area contributed by atoms with E-state index in [2.05, 4.69) is 29.2 Å². The fourth-order valence-corrected chi connectivity index (χ4v) is 5.03. The Morgan fingerprint density at radius 2 is 1.52 bits per heavy atom. The monoisotopic (exact) mass is 353 g/mol. The van der Waals surface area contributed by atoms with Crippen LogP contribution in [0.25, 0.3) is 11.1 Å². The van der Waals surface area contributed by atoms with Crippen molar-refractivity contribution in [3.8, 4) is 0 Å². The van der Waals surface area contributed by atoms with E-state index in [9.17, 15) is 8.42 Å². The zero-order chi connectivity index (χ0) is 17.5. The van der Waals surface area contributed by atoms with Crippen molar-refractivity contribution in [2.45, 2.75) is 43.6 Å². The lowest BCUT2D eigenvalue weighted by atomic mass is 9.81. The van der Waals surface area contributed by atoms with Crippen molar-refractivity contribution in [1.82, 2.24) is 4.98 Å². The third-order valence-electron chi connectivity index (χ3n) is 5.72. The molecule has 2 aliphatic carbocycles. The Balaban J connectivity index is 1.77. The molecule has 25 heavy (non-hydrogen) atoms. The first-order valence-electron chi connectivity index (χ1n) is 8.91. The topological polar surface area (TPSA) is 47.0 Å². The summed E-state index contributed by atoms with van der Waals surface area (Å²) >= 11 is 0. The van der Waals surface area contributed by atoms with E-state index < -0.39 is 9.84 Å². The highest BCUT2D eigenvalue weighted by Gasteiger charge is 2.41. The smallest absolute Gasteiger partial charge is 0.192 e. The molecule has 0 aliphatic heterocycles. The van der Waals surface area contributed by atoms with Gasteiger partial charge in [0.15, 0.2) is 14.9 Å². The Morgan fingerprint density at radius 1 is 0.880 bits per heavy atom. The van der Waals surface area contributed by atoms with Gasteiger partial charge < -0.3 is 0 Å². The van der Waals surface area contributed by atoms with Crippen molar-refractivity contribution in [3.05, 3.63) is 59.8 Å². The standard InChI is InChI=1S/C21H23NO2S/c1-25(23,24)20-10-9-17(15-22-20)19-14-21(11-5-6-12-21)13-18(19)16-7-3-2-4-8-16/h2-4,7-10,15H,5-6,11-14H2,1H3. The zero-order valence-electron chi connectivity index (χ0n) is 14.5. The molecule has 0 amide bonds. The van der Waals surface area contributed by atoms with E-state index in [0.29, 0.717) is 5.41 Å². The summed E-state index contributed by atoms with van der Waals surface area (Å²) in [7, 11) is -3.26. The van der Waals surface area contributed by atoms with Crippen molar-refractivity contribution >= 4 is 21.0 Å². The Morgan fingerprint density at radius 3 is 2.08 bits per heavy atom. The predicted octanol–water partition coefficient (Wildman–Crippen LogP) is 4.75. The zero-order valence-corrected chi connectivity index (χ0v) is 15.3. The summed E-state index contributed by atoms with van der Waals surface area (Å²) in [5, 5.41) is 0.145. The van der Waals surface area contributed by atoms with Gasteiger partial charge in [0.2, 0.25) is 0 Å². The fraction of sp³-hybridized carbons (Fsp3) is 0.381. The van der Waals surface area contributed by atoms with Gasteiger partial charge >= 0.3 is 0 Å². The van der Waals surface area contributed by atoms with E-state index >= 15 is 0 Å². The molecule has 0 unspecified atom stereocenters. The molecule has 2 aliphatic rings. The van der Waals surface area contributed by atoms with E-state index in [1.807, 2.05) is 12.1 Å². The van der Waals surface area contributed by atoms with Crippen LogP contribution in [0.3, 0.4) is 0 Å². The number of rotatable bonds is 3. The van der Waals surface area contributed by atoms with E-state index in [0.717, 1.165) is 18.4 Å². The van der Waals surface area contributed by atoms with Crippen LogP contribution in [0.2, 0.25) is 0 Å². The largest absolute Gasteiger partial charge is 0.244 e. The molecule has 3 nitrogen and oxygen atoms in total. The number of hydrogen-bond donors (Lipinski definition) is 0. The number of nitrogens with zero attached hydrogens (tertiary/aromatic N) is 1. The molecule has 1 saturated carbocycles. The molecule has 4 rings (SSSR count). The van der Waals surface area contributed by atoms with Gasteiger partial charge in [-0.05, 0) is 59.4 Å². The molecule has 1 fully saturated rings. The quantitative estimate of drug-likeness (QED) is 0.800. The molecule has 0 N–H and O–H groups in total. The van der Waals surface area contributed by atoms with Crippen LogP contribution in [-0.2, 0) is 9.84 Å². The van der Waals surface area contributed by atoms with E-state index in [1.54, 1.807) is 12.3 Å². The Kier molecular flexibility index (Phi) is 4.03. The molecular weight excluding hydrogens is 330 g/mol. The second-order valence-corrected chi connectivity index (χ2v) is 9.50.